The Labute approximate surface area is 600 Å². The third-order valence-corrected chi connectivity index (χ3v) is 20.6. The van der Waals surface area contributed by atoms with Crippen LogP contribution in [-0.4, -0.2) is 96.7 Å². The van der Waals surface area contributed by atoms with E-state index < -0.39 is 97.5 Å². The summed E-state index contributed by atoms with van der Waals surface area (Å²) in [4.78, 5) is 72.9. The molecule has 0 spiro atoms. The zero-order valence-corrected chi connectivity index (χ0v) is 66.2. The van der Waals surface area contributed by atoms with Crippen molar-refractivity contribution >= 4 is 39.5 Å². The minimum absolute atomic E-state index is 0.105. The number of hydrogen-bond donors (Lipinski definition) is 3. The van der Waals surface area contributed by atoms with Gasteiger partial charge in [0.25, 0.3) is 0 Å². The van der Waals surface area contributed by atoms with Gasteiger partial charge in [0.05, 0.1) is 26.4 Å². The van der Waals surface area contributed by atoms with Gasteiger partial charge in [-0.25, -0.2) is 9.13 Å². The Morgan fingerprint density at radius 2 is 0.490 bits per heavy atom. The summed E-state index contributed by atoms with van der Waals surface area (Å²) in [7, 11) is -9.92. The number of unbranched alkanes of at least 4 members (excludes halogenated alkanes) is 41. The van der Waals surface area contributed by atoms with Gasteiger partial charge in [0.1, 0.15) is 19.3 Å². The van der Waals surface area contributed by atoms with Gasteiger partial charge in [0.2, 0.25) is 0 Å². The summed E-state index contributed by atoms with van der Waals surface area (Å²) in [6, 6.07) is 0. The van der Waals surface area contributed by atoms with E-state index in [0.29, 0.717) is 31.6 Å². The van der Waals surface area contributed by atoms with Crippen LogP contribution in [0, 0.1) is 23.7 Å². The highest BCUT2D eigenvalue weighted by atomic mass is 31.2. The zero-order valence-electron chi connectivity index (χ0n) is 64.4. The summed E-state index contributed by atoms with van der Waals surface area (Å²) < 4.78 is 68.6. The maximum Gasteiger partial charge on any atom is 0.472 e. The van der Waals surface area contributed by atoms with Gasteiger partial charge in [0.15, 0.2) is 12.2 Å². The van der Waals surface area contributed by atoms with E-state index in [9.17, 15) is 43.2 Å². The van der Waals surface area contributed by atoms with Crippen LogP contribution in [0.5, 0.6) is 0 Å². The van der Waals surface area contributed by atoms with E-state index in [-0.39, 0.29) is 25.7 Å². The van der Waals surface area contributed by atoms with Crippen molar-refractivity contribution in [1.29, 1.82) is 0 Å². The molecule has 0 rings (SSSR count). The first-order chi connectivity index (χ1) is 47.1. The lowest BCUT2D eigenvalue weighted by molar-refractivity contribution is -0.161. The molecule has 0 radical (unpaired) electrons. The second-order valence-corrected chi connectivity index (χ2v) is 33.0. The summed E-state index contributed by atoms with van der Waals surface area (Å²) in [6.07, 6.45) is 54.2. The summed E-state index contributed by atoms with van der Waals surface area (Å²) >= 11 is 0. The van der Waals surface area contributed by atoms with Crippen LogP contribution in [0.2, 0.25) is 0 Å². The molecule has 0 aliphatic heterocycles. The fourth-order valence-corrected chi connectivity index (χ4v) is 13.6. The maximum absolute atomic E-state index is 13.1. The Kier molecular flexibility index (Phi) is 66.8. The Balaban J connectivity index is 5.20. The molecule has 0 saturated carbocycles. The topological polar surface area (TPSA) is 237 Å². The molecule has 19 heteroatoms. The maximum atomic E-state index is 13.1. The first-order valence-corrected chi connectivity index (χ1v) is 43.7. The molecular formula is C79H154O17P2. The van der Waals surface area contributed by atoms with Gasteiger partial charge >= 0.3 is 39.5 Å². The van der Waals surface area contributed by atoms with Gasteiger partial charge in [-0.15, -0.1) is 0 Å². The van der Waals surface area contributed by atoms with Gasteiger partial charge in [-0.2, -0.15) is 0 Å². The molecule has 4 unspecified atom stereocenters. The fourth-order valence-electron chi connectivity index (χ4n) is 12.0. The molecule has 0 heterocycles. The zero-order chi connectivity index (χ0) is 72.4. The first kappa shape index (κ1) is 96.1. The number of phosphoric ester groups is 2. The number of phosphoric acid groups is 2. The monoisotopic (exact) mass is 1440 g/mol. The molecule has 0 bridgehead atoms. The van der Waals surface area contributed by atoms with E-state index in [2.05, 4.69) is 55.4 Å². The lowest BCUT2D eigenvalue weighted by Gasteiger charge is -2.21. The Bertz CT molecular complexity index is 1920. The quantitative estimate of drug-likeness (QED) is 0.0222. The Morgan fingerprint density at radius 1 is 0.286 bits per heavy atom. The van der Waals surface area contributed by atoms with Gasteiger partial charge in [-0.3, -0.25) is 37.3 Å². The Hall–Kier alpha value is -1.94. The number of aliphatic hydroxyl groups is 1. The fraction of sp³-hybridized carbons (Fsp3) is 0.949. The summed E-state index contributed by atoms with van der Waals surface area (Å²) in [5, 5.41) is 10.6. The molecule has 0 aromatic carbocycles. The molecular weight excluding hydrogens is 1280 g/mol. The normalized spacial score (nSPS) is 14.3. The number of ether oxygens (including phenoxy) is 4. The van der Waals surface area contributed by atoms with Crippen LogP contribution in [0.25, 0.3) is 0 Å². The average molecular weight is 1440 g/mol. The van der Waals surface area contributed by atoms with Crippen molar-refractivity contribution in [2.24, 2.45) is 23.7 Å². The highest BCUT2D eigenvalue weighted by Gasteiger charge is 2.30. The van der Waals surface area contributed by atoms with E-state index in [0.717, 1.165) is 114 Å². The van der Waals surface area contributed by atoms with E-state index in [1.54, 1.807) is 0 Å². The van der Waals surface area contributed by atoms with Gasteiger partial charge in [0, 0.05) is 25.7 Å². The SMILES string of the molecule is CCC(C)CCCCCCCCCCC(=O)O[C@H](COC(=O)CCCCCCCCCCCCCCCCCCC(C)C)COP(=O)(O)OCC(O)COP(=O)(O)OC[C@@H](COC(=O)CCCCCCCCCC(C)C)OC(=O)CCCCCCCCCCCCCCCCC(C)C. The number of carbonyl (C=O) groups is 4. The van der Waals surface area contributed by atoms with Crippen LogP contribution in [0.4, 0.5) is 0 Å². The predicted octanol–water partition coefficient (Wildman–Crippen LogP) is 23.2. The van der Waals surface area contributed by atoms with E-state index in [4.69, 9.17) is 37.0 Å². The molecule has 0 amide bonds. The second kappa shape index (κ2) is 68.2. The van der Waals surface area contributed by atoms with Crippen molar-refractivity contribution in [2.75, 3.05) is 39.6 Å². The molecule has 0 aromatic rings. The molecule has 582 valence electrons. The number of aliphatic hydroxyl groups excluding tert-OH is 1. The van der Waals surface area contributed by atoms with Gasteiger partial charge in [-0.1, -0.05) is 351 Å². The van der Waals surface area contributed by atoms with Crippen LogP contribution in [0.1, 0.15) is 402 Å². The number of hydrogen-bond acceptors (Lipinski definition) is 15. The Morgan fingerprint density at radius 3 is 0.724 bits per heavy atom. The van der Waals surface area contributed by atoms with Gasteiger partial charge in [-0.05, 0) is 49.4 Å². The molecule has 0 aromatic heterocycles. The average Bonchev–Trinajstić information content (AvgIpc) is 0.972. The first-order valence-electron chi connectivity index (χ1n) is 40.7. The molecule has 3 N–H and O–H groups in total. The van der Waals surface area contributed by atoms with E-state index >= 15 is 0 Å². The van der Waals surface area contributed by atoms with Crippen molar-refractivity contribution in [3.8, 4) is 0 Å². The van der Waals surface area contributed by atoms with Crippen LogP contribution in [0.15, 0.2) is 0 Å². The third-order valence-electron chi connectivity index (χ3n) is 18.7. The van der Waals surface area contributed by atoms with Crippen molar-refractivity contribution in [3.63, 3.8) is 0 Å². The van der Waals surface area contributed by atoms with Crippen LogP contribution in [-0.2, 0) is 65.4 Å². The predicted molar refractivity (Wildman–Crippen MR) is 400 cm³/mol. The van der Waals surface area contributed by atoms with Crippen LogP contribution >= 0.6 is 15.6 Å². The number of rotatable bonds is 76. The molecule has 0 saturated heterocycles. The summed E-state index contributed by atoms with van der Waals surface area (Å²) in [5.41, 5.74) is 0. The van der Waals surface area contributed by atoms with Crippen molar-refractivity contribution < 1.29 is 80.2 Å². The van der Waals surface area contributed by atoms with Crippen LogP contribution in [0.3, 0.4) is 0 Å². The van der Waals surface area contributed by atoms with Gasteiger partial charge < -0.3 is 33.8 Å². The molecule has 0 aliphatic rings. The summed E-state index contributed by atoms with van der Waals surface area (Å²) in [5.74, 6) is 0.963. The molecule has 17 nitrogen and oxygen atoms in total. The number of carbonyl (C=O) groups excluding carboxylic acids is 4. The smallest absolute Gasteiger partial charge is 0.462 e. The van der Waals surface area contributed by atoms with Crippen molar-refractivity contribution in [2.45, 2.75) is 420 Å². The highest BCUT2D eigenvalue weighted by molar-refractivity contribution is 7.47. The molecule has 0 fully saturated rings. The second-order valence-electron chi connectivity index (χ2n) is 30.1. The van der Waals surface area contributed by atoms with Crippen LogP contribution < -0.4 is 0 Å². The van der Waals surface area contributed by atoms with E-state index in [1.165, 1.54) is 199 Å². The highest BCUT2D eigenvalue weighted by Crippen LogP contribution is 2.45. The minimum Gasteiger partial charge on any atom is -0.462 e. The minimum atomic E-state index is -4.96. The lowest BCUT2D eigenvalue weighted by Crippen LogP contribution is -2.30. The summed E-state index contributed by atoms with van der Waals surface area (Å²) in [6.45, 7) is 14.2. The molecule has 6 atom stereocenters. The van der Waals surface area contributed by atoms with E-state index in [1.807, 2.05) is 0 Å². The largest absolute Gasteiger partial charge is 0.472 e. The molecule has 0 aliphatic carbocycles. The molecule has 98 heavy (non-hydrogen) atoms. The van der Waals surface area contributed by atoms with Crippen molar-refractivity contribution in [1.82, 2.24) is 0 Å². The number of esters is 4. The standard InChI is InChI=1S/C79H154O17P2/c1-9-72(8)58-50-42-34-28-29-37-46-54-62-79(84)96-74(65-89-76(81)59-51-43-35-26-22-18-13-11-10-12-16-20-24-31-39-47-55-69(2)3)67-93-97(85,86)91-63-73(80)64-92-98(87,88)94-68-75(66-90-77(82)60-52-44-38-30-33-41-49-57-71(6)7)95-78(83)61-53-45-36-27-23-19-15-14-17-21-25-32-40-48-56-70(4)5/h69-75,80H,9-68H2,1-8H3,(H,85,86)(H,87,88)/t72?,73?,74-,75-/m1/s1. The third kappa shape index (κ3) is 71.1. The lowest BCUT2D eigenvalue weighted by atomic mass is 9.99. The van der Waals surface area contributed by atoms with Crippen molar-refractivity contribution in [3.05, 3.63) is 0 Å².